The molecule has 1 nitrogen and oxygen atoms in total. The molecule has 118 valence electrons. The first kappa shape index (κ1) is 16.3. The molecule has 0 aromatic rings. The van der Waals surface area contributed by atoms with Gasteiger partial charge in [-0.15, -0.1) is 0 Å². The molecule has 0 aromatic carbocycles. The number of rotatable bonds is 5. The molecule has 0 heterocycles. The molecule has 2 N–H and O–H groups in total. The summed E-state index contributed by atoms with van der Waals surface area (Å²) in [7, 11) is 0. The summed E-state index contributed by atoms with van der Waals surface area (Å²) >= 11 is 0. The van der Waals surface area contributed by atoms with E-state index in [9.17, 15) is 0 Å². The minimum absolute atomic E-state index is 0.493. The van der Waals surface area contributed by atoms with E-state index in [1.807, 2.05) is 0 Å². The van der Waals surface area contributed by atoms with Crippen molar-refractivity contribution in [3.63, 3.8) is 0 Å². The van der Waals surface area contributed by atoms with Crippen molar-refractivity contribution in [2.75, 3.05) is 0 Å². The molecule has 1 heteroatoms. The van der Waals surface area contributed by atoms with Crippen LogP contribution in [0.2, 0.25) is 0 Å². The van der Waals surface area contributed by atoms with Gasteiger partial charge in [-0.1, -0.05) is 52.9 Å². The van der Waals surface area contributed by atoms with Crippen molar-refractivity contribution >= 4 is 0 Å². The second-order valence-corrected chi connectivity index (χ2v) is 8.18. The first-order chi connectivity index (χ1) is 9.60. The van der Waals surface area contributed by atoms with E-state index in [-0.39, 0.29) is 0 Å². The fraction of sp³-hybridized carbons (Fsp3) is 1.00. The predicted molar refractivity (Wildman–Crippen MR) is 88.6 cm³/mol. The highest BCUT2D eigenvalue weighted by molar-refractivity contribution is 4.88. The number of hydrogen-bond acceptors (Lipinski definition) is 1. The zero-order valence-electron chi connectivity index (χ0n) is 14.1. The molecule has 3 atom stereocenters. The van der Waals surface area contributed by atoms with Crippen molar-refractivity contribution in [1.29, 1.82) is 0 Å². The first-order valence-corrected chi connectivity index (χ1v) is 9.35. The van der Waals surface area contributed by atoms with Crippen LogP contribution in [-0.4, -0.2) is 6.04 Å². The first-order valence-electron chi connectivity index (χ1n) is 9.35. The summed E-state index contributed by atoms with van der Waals surface area (Å²) in [4.78, 5) is 0. The molecule has 2 fully saturated rings. The Morgan fingerprint density at radius 3 is 2.05 bits per heavy atom. The molecule has 0 spiro atoms. The molecule has 2 saturated carbocycles. The maximum atomic E-state index is 6.69. The molecule has 2 aliphatic rings. The topological polar surface area (TPSA) is 26.0 Å². The average molecular weight is 280 g/mol. The summed E-state index contributed by atoms with van der Waals surface area (Å²) in [5.41, 5.74) is 6.69. The highest BCUT2D eigenvalue weighted by Crippen LogP contribution is 2.40. The van der Waals surface area contributed by atoms with Crippen LogP contribution in [0.5, 0.6) is 0 Å². The van der Waals surface area contributed by atoms with Crippen LogP contribution in [-0.2, 0) is 0 Å². The number of nitrogens with two attached hydrogens (primary N) is 1. The van der Waals surface area contributed by atoms with E-state index in [2.05, 4.69) is 20.8 Å². The molecule has 20 heavy (non-hydrogen) atoms. The van der Waals surface area contributed by atoms with E-state index >= 15 is 0 Å². The molecule has 2 rings (SSSR count). The van der Waals surface area contributed by atoms with Crippen LogP contribution >= 0.6 is 0 Å². The Balaban J connectivity index is 1.77. The van der Waals surface area contributed by atoms with Gasteiger partial charge in [0.1, 0.15) is 0 Å². The monoisotopic (exact) mass is 279 g/mol. The maximum Gasteiger partial charge on any atom is 0.00958 e. The van der Waals surface area contributed by atoms with Gasteiger partial charge in [0.25, 0.3) is 0 Å². The van der Waals surface area contributed by atoms with Gasteiger partial charge >= 0.3 is 0 Å². The van der Waals surface area contributed by atoms with Crippen molar-refractivity contribution in [1.82, 2.24) is 0 Å². The van der Waals surface area contributed by atoms with Crippen LogP contribution in [0.1, 0.15) is 85.0 Å². The van der Waals surface area contributed by atoms with Gasteiger partial charge in [-0.25, -0.2) is 0 Å². The van der Waals surface area contributed by atoms with Gasteiger partial charge in [0, 0.05) is 6.04 Å². The van der Waals surface area contributed by atoms with Crippen molar-refractivity contribution < 1.29 is 0 Å². The Morgan fingerprint density at radius 1 is 0.900 bits per heavy atom. The van der Waals surface area contributed by atoms with E-state index in [0.717, 1.165) is 29.6 Å². The summed E-state index contributed by atoms with van der Waals surface area (Å²) in [6, 6.07) is 0.493. The standard InChI is InChI=1S/C19H37N/c1-4-5-6-16-7-9-17(10-8-16)19(20)18-12-14(2)11-15(3)13-18/h14-19H,4-13,20H2,1-3H3. The largest absolute Gasteiger partial charge is 0.327 e. The smallest absolute Gasteiger partial charge is 0.00958 e. The molecule has 0 saturated heterocycles. The van der Waals surface area contributed by atoms with E-state index in [1.165, 1.54) is 64.2 Å². The molecule has 0 aromatic heterocycles. The second-order valence-electron chi connectivity index (χ2n) is 8.18. The molecule has 2 aliphatic carbocycles. The average Bonchev–Trinajstić information content (AvgIpc) is 2.44. The Labute approximate surface area is 127 Å². The Bertz CT molecular complexity index is 257. The van der Waals surface area contributed by atoms with E-state index in [4.69, 9.17) is 5.73 Å². The van der Waals surface area contributed by atoms with Gasteiger partial charge in [-0.3, -0.25) is 0 Å². The summed E-state index contributed by atoms with van der Waals surface area (Å²) in [6.45, 7) is 7.17. The van der Waals surface area contributed by atoms with Gasteiger partial charge in [0.2, 0.25) is 0 Å². The highest BCUT2D eigenvalue weighted by atomic mass is 14.7. The summed E-state index contributed by atoms with van der Waals surface area (Å²) in [5, 5.41) is 0. The van der Waals surface area contributed by atoms with Gasteiger partial charge in [-0.2, -0.15) is 0 Å². The van der Waals surface area contributed by atoms with Crippen molar-refractivity contribution in [2.45, 2.75) is 91.0 Å². The van der Waals surface area contributed by atoms with Crippen LogP contribution in [0.4, 0.5) is 0 Å². The molecule has 3 unspecified atom stereocenters. The number of hydrogen-bond donors (Lipinski definition) is 1. The van der Waals surface area contributed by atoms with Crippen molar-refractivity contribution in [2.24, 2.45) is 35.3 Å². The summed E-state index contributed by atoms with van der Waals surface area (Å²) in [6.07, 6.45) is 14.2. The predicted octanol–water partition coefficient (Wildman–Crippen LogP) is 5.38. The van der Waals surface area contributed by atoms with E-state index in [0.29, 0.717) is 6.04 Å². The number of unbranched alkanes of at least 4 members (excludes halogenated alkanes) is 1. The van der Waals surface area contributed by atoms with Crippen molar-refractivity contribution in [3.05, 3.63) is 0 Å². The SMILES string of the molecule is CCCCC1CCC(C(N)C2CC(C)CC(C)C2)CC1. The van der Waals surface area contributed by atoms with Crippen molar-refractivity contribution in [3.8, 4) is 0 Å². The van der Waals surface area contributed by atoms with Crippen LogP contribution in [0, 0.1) is 29.6 Å². The third-order valence-electron chi connectivity index (χ3n) is 6.16. The molecule has 0 bridgehead atoms. The maximum absolute atomic E-state index is 6.69. The molecule has 0 radical (unpaired) electrons. The zero-order chi connectivity index (χ0) is 14.5. The van der Waals surface area contributed by atoms with Crippen LogP contribution in [0.15, 0.2) is 0 Å². The molecule has 0 aliphatic heterocycles. The fourth-order valence-corrected chi connectivity index (χ4v) is 5.06. The third kappa shape index (κ3) is 4.48. The van der Waals surface area contributed by atoms with Crippen LogP contribution in [0.25, 0.3) is 0 Å². The third-order valence-corrected chi connectivity index (χ3v) is 6.16. The van der Waals surface area contributed by atoms with Gasteiger partial charge in [0.15, 0.2) is 0 Å². The highest BCUT2D eigenvalue weighted by Gasteiger charge is 2.34. The summed E-state index contributed by atoms with van der Waals surface area (Å²) < 4.78 is 0. The fourth-order valence-electron chi connectivity index (χ4n) is 5.06. The lowest BCUT2D eigenvalue weighted by Gasteiger charge is -2.40. The Hall–Kier alpha value is -0.0400. The van der Waals surface area contributed by atoms with Crippen LogP contribution < -0.4 is 5.73 Å². The summed E-state index contributed by atoms with van der Waals surface area (Å²) in [5.74, 6) is 4.45. The Morgan fingerprint density at radius 2 is 1.50 bits per heavy atom. The second kappa shape index (κ2) is 7.82. The molecular formula is C19H37N. The van der Waals surface area contributed by atoms with Crippen LogP contribution in [0.3, 0.4) is 0 Å². The normalized spacial score (nSPS) is 40.5. The zero-order valence-corrected chi connectivity index (χ0v) is 14.1. The minimum Gasteiger partial charge on any atom is -0.327 e. The van der Waals surface area contributed by atoms with E-state index in [1.54, 1.807) is 0 Å². The molecular weight excluding hydrogens is 242 g/mol. The van der Waals surface area contributed by atoms with Gasteiger partial charge in [-0.05, 0) is 61.7 Å². The lowest BCUT2D eigenvalue weighted by Crippen LogP contribution is -2.42. The lowest BCUT2D eigenvalue weighted by molar-refractivity contribution is 0.134. The van der Waals surface area contributed by atoms with Gasteiger partial charge < -0.3 is 5.73 Å². The lowest BCUT2D eigenvalue weighted by atomic mass is 9.68. The van der Waals surface area contributed by atoms with Gasteiger partial charge in [0.05, 0.1) is 0 Å². The Kier molecular flexibility index (Phi) is 6.39. The minimum atomic E-state index is 0.493. The van der Waals surface area contributed by atoms with E-state index < -0.39 is 0 Å². The quantitative estimate of drug-likeness (QED) is 0.718. The molecule has 0 amide bonds.